The first-order valence-corrected chi connectivity index (χ1v) is 16.3. The number of carbonyl (C=O) groups excluding carboxylic acids is 1. The molecule has 2 N–H and O–H groups in total. The average molecular weight is 590 g/mol. The quantitative estimate of drug-likeness (QED) is 0.443. The molecule has 1 spiro atoms. The summed E-state index contributed by atoms with van der Waals surface area (Å²) in [5.74, 6) is 0.331. The Balaban J connectivity index is 1.46. The van der Waals surface area contributed by atoms with E-state index in [-0.39, 0.29) is 46.7 Å². The van der Waals surface area contributed by atoms with E-state index in [4.69, 9.17) is 4.74 Å². The second-order valence-corrected chi connectivity index (χ2v) is 14.3. The number of amides is 1. The van der Waals surface area contributed by atoms with Gasteiger partial charge in [0, 0.05) is 29.8 Å². The molecule has 2 aromatic carbocycles. The third-order valence-electron chi connectivity index (χ3n) is 8.91. The predicted octanol–water partition coefficient (Wildman–Crippen LogP) is 4.95. The molecule has 42 heavy (non-hydrogen) atoms. The van der Waals surface area contributed by atoms with Gasteiger partial charge in [-0.1, -0.05) is 38.1 Å². The number of rotatable bonds is 4. The molecule has 6 rings (SSSR count). The highest BCUT2D eigenvalue weighted by molar-refractivity contribution is 7.92. The van der Waals surface area contributed by atoms with Crippen molar-refractivity contribution in [2.24, 2.45) is 11.3 Å². The summed E-state index contributed by atoms with van der Waals surface area (Å²) in [6, 6.07) is 13.8. The van der Waals surface area contributed by atoms with Gasteiger partial charge in [-0.2, -0.15) is 4.98 Å². The number of nitrogens with zero attached hydrogens (tertiary/aromatic N) is 3. The zero-order chi connectivity index (χ0) is 29.6. The second-order valence-electron chi connectivity index (χ2n) is 12.6. The van der Waals surface area contributed by atoms with Gasteiger partial charge in [0.05, 0.1) is 16.6 Å². The summed E-state index contributed by atoms with van der Waals surface area (Å²) < 4.78 is 36.0. The van der Waals surface area contributed by atoms with Crippen molar-refractivity contribution in [3.05, 3.63) is 65.2 Å². The Morgan fingerprint density at radius 2 is 1.81 bits per heavy atom. The summed E-state index contributed by atoms with van der Waals surface area (Å²) in [5.41, 5.74) is 4.06. The van der Waals surface area contributed by atoms with Crippen molar-refractivity contribution in [3.8, 4) is 17.1 Å². The lowest BCUT2D eigenvalue weighted by molar-refractivity contribution is -0.0150. The number of sulfonamides is 1. The molecule has 4 bridgehead atoms. The molecule has 222 valence electrons. The molecule has 1 saturated heterocycles. The fourth-order valence-corrected chi connectivity index (χ4v) is 7.90. The molecule has 2 aliphatic heterocycles. The lowest BCUT2D eigenvalue weighted by Gasteiger charge is -2.52. The predicted molar refractivity (Wildman–Crippen MR) is 162 cm³/mol. The lowest BCUT2D eigenvalue weighted by Crippen LogP contribution is -2.58. The molecule has 1 aromatic heterocycles. The maximum Gasteiger partial charge on any atom is 0.264 e. The third kappa shape index (κ3) is 5.49. The summed E-state index contributed by atoms with van der Waals surface area (Å²) in [5, 5.41) is 3.48. The molecule has 3 aromatic rings. The summed E-state index contributed by atoms with van der Waals surface area (Å²) in [6.07, 6.45) is 3.70. The molecule has 9 nitrogen and oxygen atoms in total. The van der Waals surface area contributed by atoms with E-state index in [1.807, 2.05) is 36.9 Å². The summed E-state index contributed by atoms with van der Waals surface area (Å²) in [6.45, 7) is 10.5. The van der Waals surface area contributed by atoms with Gasteiger partial charge in [0.15, 0.2) is 0 Å². The number of hydrogen-bond acceptors (Lipinski definition) is 7. The second kappa shape index (κ2) is 11.0. The number of benzene rings is 2. The van der Waals surface area contributed by atoms with Crippen LogP contribution in [0, 0.1) is 25.2 Å². The minimum Gasteiger partial charge on any atom is -0.475 e. The monoisotopic (exact) mass is 589 g/mol. The van der Waals surface area contributed by atoms with Gasteiger partial charge < -0.3 is 15.0 Å². The first-order chi connectivity index (χ1) is 20.0. The molecule has 3 aliphatic rings. The van der Waals surface area contributed by atoms with Crippen LogP contribution in [-0.4, -0.2) is 61.0 Å². The van der Waals surface area contributed by atoms with Crippen molar-refractivity contribution in [2.75, 3.05) is 24.4 Å². The molecule has 1 amide bonds. The molecule has 3 heterocycles. The molecule has 10 heteroatoms. The highest BCUT2D eigenvalue weighted by Crippen LogP contribution is 2.49. The van der Waals surface area contributed by atoms with Crippen LogP contribution < -0.4 is 14.8 Å². The normalized spacial score (nSPS) is 25.2. The Morgan fingerprint density at radius 1 is 1.07 bits per heavy atom. The summed E-state index contributed by atoms with van der Waals surface area (Å²) in [4.78, 5) is 25.3. The molecule has 1 saturated carbocycles. The molecular formula is C32H39N5O4S. The maximum atomic E-state index is 14.3. The van der Waals surface area contributed by atoms with E-state index < -0.39 is 10.0 Å². The van der Waals surface area contributed by atoms with Gasteiger partial charge in [-0.3, -0.25) is 4.79 Å². The van der Waals surface area contributed by atoms with E-state index in [0.717, 1.165) is 55.5 Å². The van der Waals surface area contributed by atoms with E-state index in [1.54, 1.807) is 18.2 Å². The van der Waals surface area contributed by atoms with Crippen LogP contribution in [0.5, 0.6) is 5.88 Å². The van der Waals surface area contributed by atoms with Crippen LogP contribution >= 0.6 is 0 Å². The number of nitrogens with one attached hydrogen (secondary N) is 2. The van der Waals surface area contributed by atoms with Gasteiger partial charge in [-0.05, 0) is 86.7 Å². The van der Waals surface area contributed by atoms with Gasteiger partial charge in [0.2, 0.25) is 11.8 Å². The fourth-order valence-electron chi connectivity index (χ4n) is 6.91. The highest BCUT2D eigenvalue weighted by Gasteiger charge is 2.50. The first kappa shape index (κ1) is 28.6. The van der Waals surface area contributed by atoms with Crippen LogP contribution in [0.25, 0.3) is 11.3 Å². The van der Waals surface area contributed by atoms with E-state index in [0.29, 0.717) is 17.2 Å². The molecule has 2 fully saturated rings. The molecule has 1 aliphatic carbocycles. The van der Waals surface area contributed by atoms with Crippen LogP contribution in [0.1, 0.15) is 61.0 Å². The summed E-state index contributed by atoms with van der Waals surface area (Å²) in [7, 11) is -4.09. The number of carbonyl (C=O) groups is 1. The van der Waals surface area contributed by atoms with Crippen molar-refractivity contribution in [2.45, 2.75) is 70.4 Å². The van der Waals surface area contributed by atoms with Gasteiger partial charge in [0.1, 0.15) is 6.61 Å². The Hall–Kier alpha value is -3.50. The first-order valence-electron chi connectivity index (χ1n) is 14.8. The Kier molecular flexibility index (Phi) is 7.47. The van der Waals surface area contributed by atoms with E-state index in [1.165, 1.54) is 12.1 Å². The lowest BCUT2D eigenvalue weighted by atomic mass is 9.64. The van der Waals surface area contributed by atoms with Crippen LogP contribution in [0.3, 0.4) is 0 Å². The Morgan fingerprint density at radius 3 is 2.50 bits per heavy atom. The van der Waals surface area contributed by atoms with Gasteiger partial charge in [0.25, 0.3) is 15.9 Å². The van der Waals surface area contributed by atoms with Crippen molar-refractivity contribution >= 4 is 21.9 Å². The zero-order valence-corrected chi connectivity index (χ0v) is 25.5. The number of fused-ring (bicyclic) bond motifs is 4. The number of hydrogen-bond donors (Lipinski definition) is 2. The van der Waals surface area contributed by atoms with Gasteiger partial charge in [-0.25, -0.2) is 18.1 Å². The van der Waals surface area contributed by atoms with Crippen molar-refractivity contribution in [1.82, 2.24) is 20.2 Å². The van der Waals surface area contributed by atoms with Crippen LogP contribution in [0.2, 0.25) is 0 Å². The zero-order valence-electron chi connectivity index (χ0n) is 24.7. The SMILES string of the molecule is Cc1cccc(C)c1-c1cc2nc(n1)NS(=O)(=O)c1cccc(c1)C(=O)N(C1CC3(CCNC3)C1)[C@H](CC(C)C)CO2. The summed E-state index contributed by atoms with van der Waals surface area (Å²) >= 11 is 0. The minimum atomic E-state index is -4.09. The standard InChI is InChI=1S/C32H39N5O4S/c1-20(2)13-24-18-41-28-15-27(29-21(3)7-5-8-22(29)4)34-31(35-28)36-42(39,40)26-10-6-9-23(14-26)30(38)37(24)25-16-32(17-25)11-12-33-19-32/h5-10,14-15,20,24-25,33H,11-13,16-19H2,1-4H3,(H,34,35,36)/t24-,25?,32?/m1/s1. The highest BCUT2D eigenvalue weighted by atomic mass is 32.2. The average Bonchev–Trinajstić information content (AvgIpc) is 3.41. The van der Waals surface area contributed by atoms with Crippen molar-refractivity contribution < 1.29 is 17.9 Å². The molecule has 0 radical (unpaired) electrons. The van der Waals surface area contributed by atoms with E-state index in [9.17, 15) is 13.2 Å². The molecule has 0 unspecified atom stereocenters. The largest absolute Gasteiger partial charge is 0.475 e. The van der Waals surface area contributed by atoms with Crippen LogP contribution in [0.4, 0.5) is 5.95 Å². The van der Waals surface area contributed by atoms with Gasteiger partial charge >= 0.3 is 0 Å². The Labute approximate surface area is 248 Å². The number of aromatic nitrogens is 2. The number of aryl methyl sites for hydroxylation is 2. The topological polar surface area (TPSA) is 114 Å². The molecule has 1 atom stereocenters. The number of ether oxygens (including phenoxy) is 1. The minimum absolute atomic E-state index is 0.0124. The van der Waals surface area contributed by atoms with E-state index in [2.05, 4.69) is 33.9 Å². The Bertz CT molecular complexity index is 1590. The third-order valence-corrected chi connectivity index (χ3v) is 10.2. The van der Waals surface area contributed by atoms with Gasteiger partial charge in [-0.15, -0.1) is 0 Å². The fraction of sp³-hybridized carbons (Fsp3) is 0.469. The van der Waals surface area contributed by atoms with E-state index >= 15 is 0 Å². The van der Waals surface area contributed by atoms with Crippen LogP contribution in [0.15, 0.2) is 53.4 Å². The number of anilines is 1. The van der Waals surface area contributed by atoms with Crippen molar-refractivity contribution in [3.63, 3.8) is 0 Å². The van der Waals surface area contributed by atoms with Crippen molar-refractivity contribution in [1.29, 1.82) is 0 Å². The smallest absolute Gasteiger partial charge is 0.264 e. The maximum absolute atomic E-state index is 14.3. The van der Waals surface area contributed by atoms with Crippen LogP contribution in [-0.2, 0) is 10.0 Å². The molecular weight excluding hydrogens is 550 g/mol.